The van der Waals surface area contributed by atoms with Crippen LogP contribution in [-0.2, 0) is 4.74 Å². The summed E-state index contributed by atoms with van der Waals surface area (Å²) in [5.41, 5.74) is 2.41. The number of nitro groups is 1. The largest absolute Gasteiger partial charge is 0.465 e. The predicted octanol–water partition coefficient (Wildman–Crippen LogP) is 4.98. The van der Waals surface area contributed by atoms with Crippen LogP contribution in [0.25, 0.3) is 11.1 Å². The number of hydrogen-bond donors (Lipinski definition) is 1. The molecular formula is C21H18N2O5S. The fraction of sp³-hybridized carbons (Fsp3) is 0.143. The molecular weight excluding hydrogens is 392 g/mol. The highest BCUT2D eigenvalue weighted by atomic mass is 32.1. The number of thiophene rings is 1. The third-order valence-corrected chi connectivity index (χ3v) is 5.44. The topological polar surface area (TPSA) is 98.5 Å². The number of aryl methyl sites for hydroxylation is 2. The minimum Gasteiger partial charge on any atom is -0.465 e. The quantitative estimate of drug-likeness (QED) is 0.363. The fourth-order valence-corrected chi connectivity index (χ4v) is 4.12. The van der Waals surface area contributed by atoms with Gasteiger partial charge in [-0.3, -0.25) is 14.9 Å². The lowest BCUT2D eigenvalue weighted by molar-refractivity contribution is -0.385. The van der Waals surface area contributed by atoms with Gasteiger partial charge in [0.25, 0.3) is 11.6 Å². The molecule has 0 aliphatic carbocycles. The lowest BCUT2D eigenvalue weighted by Gasteiger charge is -2.08. The number of amides is 1. The Morgan fingerprint density at radius 1 is 1.10 bits per heavy atom. The van der Waals surface area contributed by atoms with Gasteiger partial charge in [-0.15, -0.1) is 11.3 Å². The number of hydrogen-bond acceptors (Lipinski definition) is 6. The van der Waals surface area contributed by atoms with E-state index in [-0.39, 0.29) is 16.8 Å². The van der Waals surface area contributed by atoms with Gasteiger partial charge in [-0.2, -0.15) is 0 Å². The zero-order valence-corrected chi connectivity index (χ0v) is 16.8. The number of nitrogens with zero attached hydrogens (tertiary/aromatic N) is 1. The molecule has 3 rings (SSSR count). The molecule has 7 nitrogen and oxygen atoms in total. The summed E-state index contributed by atoms with van der Waals surface area (Å²) in [5.74, 6) is -1.02. The summed E-state index contributed by atoms with van der Waals surface area (Å²) >= 11 is 1.27. The summed E-state index contributed by atoms with van der Waals surface area (Å²) in [7, 11) is 1.29. The number of carbonyl (C=O) groups excluding carboxylic acids is 2. The van der Waals surface area contributed by atoms with Crippen LogP contribution in [0.4, 0.5) is 10.7 Å². The molecule has 1 N–H and O–H groups in total. The molecule has 1 heterocycles. The van der Waals surface area contributed by atoms with E-state index < -0.39 is 16.8 Å². The molecule has 0 atom stereocenters. The van der Waals surface area contributed by atoms with Gasteiger partial charge in [-0.25, -0.2) is 4.79 Å². The number of benzene rings is 2. The third-order valence-electron chi connectivity index (χ3n) is 4.42. The molecule has 0 aliphatic rings. The minimum atomic E-state index is -0.552. The maximum Gasteiger partial charge on any atom is 0.341 e. The molecule has 0 radical (unpaired) electrons. The summed E-state index contributed by atoms with van der Waals surface area (Å²) < 4.78 is 4.94. The summed E-state index contributed by atoms with van der Waals surface area (Å²) in [6, 6.07) is 13.5. The summed E-state index contributed by atoms with van der Waals surface area (Å²) in [4.78, 5) is 36.6. The van der Waals surface area contributed by atoms with Crippen LogP contribution in [0.1, 0.15) is 31.2 Å². The minimum absolute atomic E-state index is 0.0601. The first-order valence-corrected chi connectivity index (χ1v) is 9.48. The highest BCUT2D eigenvalue weighted by molar-refractivity contribution is 7.17. The van der Waals surface area contributed by atoms with E-state index >= 15 is 0 Å². The van der Waals surface area contributed by atoms with Crippen LogP contribution in [0.15, 0.2) is 48.5 Å². The van der Waals surface area contributed by atoms with Gasteiger partial charge in [0.2, 0.25) is 0 Å². The van der Waals surface area contributed by atoms with Gasteiger partial charge in [0.1, 0.15) is 10.6 Å². The van der Waals surface area contributed by atoms with Crippen LogP contribution in [0.5, 0.6) is 0 Å². The second-order valence-electron chi connectivity index (χ2n) is 6.31. The molecule has 2 aromatic carbocycles. The lowest BCUT2D eigenvalue weighted by atomic mass is 10.0. The molecule has 0 unspecified atom stereocenters. The van der Waals surface area contributed by atoms with Crippen LogP contribution >= 0.6 is 11.3 Å². The fourth-order valence-electron chi connectivity index (χ4n) is 3.06. The Balaban J connectivity index is 2.01. The number of nitrogens with one attached hydrogen (secondary N) is 1. The lowest BCUT2D eigenvalue weighted by Crippen LogP contribution is -2.14. The van der Waals surface area contributed by atoms with Crippen molar-refractivity contribution in [1.29, 1.82) is 0 Å². The van der Waals surface area contributed by atoms with Crippen molar-refractivity contribution in [3.63, 3.8) is 0 Å². The highest BCUT2D eigenvalue weighted by Gasteiger charge is 2.25. The first-order valence-electron chi connectivity index (χ1n) is 8.67. The molecule has 0 saturated heterocycles. The van der Waals surface area contributed by atoms with Gasteiger partial charge in [0.05, 0.1) is 12.0 Å². The summed E-state index contributed by atoms with van der Waals surface area (Å²) in [5, 5.41) is 14.1. The SMILES string of the molecule is COC(=O)c1c(NC(=O)c2ccc([N+](=O)[O-])c(C)c2)sc(C)c1-c1ccccc1. The summed E-state index contributed by atoms with van der Waals surface area (Å²) in [6.07, 6.45) is 0. The molecule has 0 fully saturated rings. The average molecular weight is 410 g/mol. The normalized spacial score (nSPS) is 10.4. The number of methoxy groups -OCH3 is 1. The van der Waals surface area contributed by atoms with E-state index in [9.17, 15) is 19.7 Å². The van der Waals surface area contributed by atoms with Crippen LogP contribution in [-0.4, -0.2) is 23.9 Å². The molecule has 0 aliphatic heterocycles. The van der Waals surface area contributed by atoms with Crippen molar-refractivity contribution in [3.8, 4) is 11.1 Å². The van der Waals surface area contributed by atoms with Crippen molar-refractivity contribution in [2.45, 2.75) is 13.8 Å². The van der Waals surface area contributed by atoms with Crippen molar-refractivity contribution in [2.75, 3.05) is 12.4 Å². The van der Waals surface area contributed by atoms with Crippen molar-refractivity contribution in [2.24, 2.45) is 0 Å². The standard InChI is InChI=1S/C21H18N2O5S/c1-12-11-15(9-10-16(12)23(26)27)19(24)22-20-18(21(25)28-3)17(13(2)29-20)14-7-5-4-6-8-14/h4-11H,1-3H3,(H,22,24). The molecule has 0 spiro atoms. The van der Waals surface area contributed by atoms with E-state index in [1.54, 1.807) is 6.92 Å². The average Bonchev–Trinajstić information content (AvgIpc) is 3.03. The maximum absolute atomic E-state index is 12.7. The van der Waals surface area contributed by atoms with Gasteiger partial charge in [-0.05, 0) is 31.5 Å². The highest BCUT2D eigenvalue weighted by Crippen LogP contribution is 2.40. The van der Waals surface area contributed by atoms with Crippen LogP contribution in [0.3, 0.4) is 0 Å². The van der Waals surface area contributed by atoms with Gasteiger partial charge < -0.3 is 10.1 Å². The molecule has 148 valence electrons. The zero-order chi connectivity index (χ0) is 21.1. The number of rotatable bonds is 5. The van der Waals surface area contributed by atoms with Gasteiger partial charge in [0, 0.05) is 27.6 Å². The molecule has 0 saturated carbocycles. The van der Waals surface area contributed by atoms with E-state index in [2.05, 4.69) is 5.32 Å². The Morgan fingerprint density at radius 2 is 1.79 bits per heavy atom. The Morgan fingerprint density at radius 3 is 2.38 bits per heavy atom. The second-order valence-corrected chi connectivity index (χ2v) is 7.53. The number of carbonyl (C=O) groups is 2. The Kier molecular flexibility index (Phi) is 5.74. The molecule has 1 aromatic heterocycles. The second kappa shape index (κ2) is 8.24. The molecule has 1 amide bonds. The number of ether oxygens (including phenoxy) is 1. The first kappa shape index (κ1) is 20.2. The Hall–Kier alpha value is -3.52. The van der Waals surface area contributed by atoms with Crippen LogP contribution < -0.4 is 5.32 Å². The zero-order valence-electron chi connectivity index (χ0n) is 16.0. The smallest absolute Gasteiger partial charge is 0.341 e. The van der Waals surface area contributed by atoms with Crippen molar-refractivity contribution in [1.82, 2.24) is 0 Å². The van der Waals surface area contributed by atoms with Gasteiger partial charge >= 0.3 is 5.97 Å². The van der Waals surface area contributed by atoms with E-state index in [4.69, 9.17) is 4.74 Å². The van der Waals surface area contributed by atoms with Crippen LogP contribution in [0.2, 0.25) is 0 Å². The number of esters is 1. The van der Waals surface area contributed by atoms with Gasteiger partial charge in [0.15, 0.2) is 0 Å². The molecule has 8 heteroatoms. The Bertz CT molecular complexity index is 1110. The van der Waals surface area contributed by atoms with Crippen LogP contribution in [0, 0.1) is 24.0 Å². The van der Waals surface area contributed by atoms with Gasteiger partial charge in [-0.1, -0.05) is 30.3 Å². The number of nitro benzene ring substituents is 1. The Labute approximate surface area is 171 Å². The molecule has 3 aromatic rings. The van der Waals surface area contributed by atoms with Crippen molar-refractivity contribution in [3.05, 3.63) is 80.2 Å². The van der Waals surface area contributed by atoms with E-state index in [0.717, 1.165) is 10.4 Å². The number of anilines is 1. The van der Waals surface area contributed by atoms with Crippen molar-refractivity contribution >= 4 is 33.9 Å². The molecule has 0 bridgehead atoms. The van der Waals surface area contributed by atoms with Crippen molar-refractivity contribution < 1.29 is 19.2 Å². The third kappa shape index (κ3) is 4.02. The maximum atomic E-state index is 12.7. The van der Waals surface area contributed by atoms with E-state index in [0.29, 0.717) is 16.1 Å². The summed E-state index contributed by atoms with van der Waals surface area (Å²) in [6.45, 7) is 3.43. The van der Waals surface area contributed by atoms with E-state index in [1.807, 2.05) is 37.3 Å². The monoisotopic (exact) mass is 410 g/mol. The predicted molar refractivity (Wildman–Crippen MR) is 112 cm³/mol. The molecule has 29 heavy (non-hydrogen) atoms. The van der Waals surface area contributed by atoms with E-state index in [1.165, 1.54) is 36.6 Å². The first-order chi connectivity index (χ1) is 13.8.